The molecular weight excluding hydrogens is 128 g/mol. The van der Waals surface area contributed by atoms with Crippen molar-refractivity contribution in [2.24, 2.45) is 5.92 Å². The summed E-state index contributed by atoms with van der Waals surface area (Å²) in [6.07, 6.45) is 4.88. The maximum Gasteiger partial charge on any atom is 0.293 e. The Hall–Kier alpha value is -0.530. The lowest BCUT2D eigenvalue weighted by molar-refractivity contribution is -0.135. The van der Waals surface area contributed by atoms with Crippen LogP contribution in [-0.4, -0.2) is 12.6 Å². The van der Waals surface area contributed by atoms with Crippen LogP contribution in [0.1, 0.15) is 32.6 Å². The zero-order valence-electron chi connectivity index (χ0n) is 6.38. The van der Waals surface area contributed by atoms with Crippen LogP contribution in [0.4, 0.5) is 0 Å². The zero-order valence-corrected chi connectivity index (χ0v) is 6.38. The zero-order chi connectivity index (χ0) is 7.40. The summed E-state index contributed by atoms with van der Waals surface area (Å²) in [5.74, 6) is 0.630. The summed E-state index contributed by atoms with van der Waals surface area (Å²) in [5.41, 5.74) is 0. The van der Waals surface area contributed by atoms with E-state index in [2.05, 4.69) is 6.92 Å². The second-order valence-corrected chi connectivity index (χ2v) is 2.87. The first-order chi connectivity index (χ1) is 4.88. The largest absolute Gasteiger partial charge is 0.464 e. The maximum atomic E-state index is 10.0. The van der Waals surface area contributed by atoms with E-state index < -0.39 is 0 Å². The highest BCUT2D eigenvalue weighted by molar-refractivity contribution is 5.37. The Morgan fingerprint density at radius 2 is 2.40 bits per heavy atom. The number of carbonyl (C=O) groups is 1. The van der Waals surface area contributed by atoms with Crippen molar-refractivity contribution >= 4 is 6.47 Å². The highest BCUT2D eigenvalue weighted by atomic mass is 16.5. The molecule has 0 aliphatic heterocycles. The van der Waals surface area contributed by atoms with Crippen molar-refractivity contribution in [2.45, 2.75) is 38.7 Å². The molecule has 1 saturated carbocycles. The fourth-order valence-corrected chi connectivity index (χ4v) is 1.72. The van der Waals surface area contributed by atoms with Gasteiger partial charge >= 0.3 is 0 Å². The van der Waals surface area contributed by atoms with Gasteiger partial charge in [0.15, 0.2) is 0 Å². The average molecular weight is 142 g/mol. The Morgan fingerprint density at radius 3 is 3.00 bits per heavy atom. The Labute approximate surface area is 61.6 Å². The van der Waals surface area contributed by atoms with E-state index in [-0.39, 0.29) is 6.10 Å². The van der Waals surface area contributed by atoms with Crippen LogP contribution in [0.25, 0.3) is 0 Å². The fraction of sp³-hybridized carbons (Fsp3) is 0.875. The molecule has 0 N–H and O–H groups in total. The summed E-state index contributed by atoms with van der Waals surface area (Å²) in [7, 11) is 0. The van der Waals surface area contributed by atoms with E-state index in [9.17, 15) is 4.79 Å². The van der Waals surface area contributed by atoms with Gasteiger partial charge in [-0.15, -0.1) is 0 Å². The van der Waals surface area contributed by atoms with E-state index in [0.29, 0.717) is 12.4 Å². The van der Waals surface area contributed by atoms with Gasteiger partial charge in [-0.05, 0) is 31.6 Å². The van der Waals surface area contributed by atoms with Gasteiger partial charge in [-0.1, -0.05) is 6.92 Å². The minimum Gasteiger partial charge on any atom is -0.464 e. The van der Waals surface area contributed by atoms with Gasteiger partial charge in [0.2, 0.25) is 0 Å². The molecule has 0 bridgehead atoms. The van der Waals surface area contributed by atoms with Crippen LogP contribution in [0, 0.1) is 5.92 Å². The molecular formula is C8H14O2. The van der Waals surface area contributed by atoms with Gasteiger partial charge in [0.05, 0.1) is 0 Å². The molecule has 2 nitrogen and oxygen atoms in total. The van der Waals surface area contributed by atoms with E-state index in [0.717, 1.165) is 12.8 Å². The van der Waals surface area contributed by atoms with Crippen LogP contribution in [0.15, 0.2) is 0 Å². The highest BCUT2D eigenvalue weighted by Crippen LogP contribution is 2.29. The molecule has 2 heteroatoms. The molecule has 1 fully saturated rings. The lowest BCUT2D eigenvalue weighted by atomic mass is 10.0. The van der Waals surface area contributed by atoms with E-state index in [1.165, 1.54) is 12.8 Å². The molecule has 0 spiro atoms. The third-order valence-corrected chi connectivity index (χ3v) is 2.34. The summed E-state index contributed by atoms with van der Waals surface area (Å²) in [6.45, 7) is 2.73. The van der Waals surface area contributed by atoms with E-state index in [4.69, 9.17) is 4.74 Å². The molecule has 0 radical (unpaired) electrons. The second kappa shape index (κ2) is 3.59. The molecule has 2 atom stereocenters. The van der Waals surface area contributed by atoms with Crippen LogP contribution < -0.4 is 0 Å². The third kappa shape index (κ3) is 1.49. The SMILES string of the molecule is CCC1CCCC1OC=O. The number of carbonyl (C=O) groups excluding carboxylic acids is 1. The first kappa shape index (κ1) is 7.58. The van der Waals surface area contributed by atoms with Crippen molar-refractivity contribution < 1.29 is 9.53 Å². The number of hydrogen-bond donors (Lipinski definition) is 0. The molecule has 10 heavy (non-hydrogen) atoms. The predicted molar refractivity (Wildman–Crippen MR) is 38.6 cm³/mol. The minimum atomic E-state index is 0.225. The minimum absolute atomic E-state index is 0.225. The summed E-state index contributed by atoms with van der Waals surface area (Å²) < 4.78 is 4.93. The molecule has 0 aromatic rings. The van der Waals surface area contributed by atoms with Crippen molar-refractivity contribution in [2.75, 3.05) is 0 Å². The number of ether oxygens (including phenoxy) is 1. The van der Waals surface area contributed by atoms with Crippen LogP contribution in [0.3, 0.4) is 0 Å². The third-order valence-electron chi connectivity index (χ3n) is 2.34. The molecule has 0 aromatic heterocycles. The van der Waals surface area contributed by atoms with Gasteiger partial charge in [-0.3, -0.25) is 4.79 Å². The lowest BCUT2D eigenvalue weighted by Gasteiger charge is -2.14. The first-order valence-electron chi connectivity index (χ1n) is 3.97. The molecule has 1 aliphatic rings. The number of hydrogen-bond acceptors (Lipinski definition) is 2. The monoisotopic (exact) mass is 142 g/mol. The van der Waals surface area contributed by atoms with Crippen LogP contribution >= 0.6 is 0 Å². The standard InChI is InChI=1S/C8H14O2/c1-2-7-4-3-5-8(7)10-6-9/h6-8H,2-5H2,1H3. The fourth-order valence-electron chi connectivity index (χ4n) is 1.72. The molecule has 2 unspecified atom stereocenters. The first-order valence-corrected chi connectivity index (χ1v) is 3.97. The molecule has 1 aliphatic carbocycles. The Morgan fingerprint density at radius 1 is 1.60 bits per heavy atom. The molecule has 58 valence electrons. The Balaban J connectivity index is 2.34. The van der Waals surface area contributed by atoms with Crippen molar-refractivity contribution in [1.82, 2.24) is 0 Å². The van der Waals surface area contributed by atoms with E-state index in [1.54, 1.807) is 0 Å². The van der Waals surface area contributed by atoms with Crippen molar-refractivity contribution in [3.05, 3.63) is 0 Å². The lowest BCUT2D eigenvalue weighted by Crippen LogP contribution is -2.16. The number of rotatable bonds is 3. The smallest absolute Gasteiger partial charge is 0.293 e. The topological polar surface area (TPSA) is 26.3 Å². The Kier molecular flexibility index (Phi) is 2.72. The van der Waals surface area contributed by atoms with Crippen LogP contribution in [0.2, 0.25) is 0 Å². The van der Waals surface area contributed by atoms with Gasteiger partial charge in [0.1, 0.15) is 6.10 Å². The second-order valence-electron chi connectivity index (χ2n) is 2.87. The predicted octanol–water partition coefficient (Wildman–Crippen LogP) is 1.74. The highest BCUT2D eigenvalue weighted by Gasteiger charge is 2.26. The molecule has 0 saturated heterocycles. The summed E-state index contributed by atoms with van der Waals surface area (Å²) in [5, 5.41) is 0. The molecule has 0 aromatic carbocycles. The van der Waals surface area contributed by atoms with E-state index in [1.807, 2.05) is 0 Å². The summed E-state index contributed by atoms with van der Waals surface area (Å²) in [4.78, 5) is 10.0. The van der Waals surface area contributed by atoms with Gasteiger partial charge in [-0.25, -0.2) is 0 Å². The van der Waals surface area contributed by atoms with Crippen LogP contribution in [-0.2, 0) is 9.53 Å². The molecule has 1 rings (SSSR count). The van der Waals surface area contributed by atoms with Gasteiger partial charge in [0, 0.05) is 0 Å². The summed E-state index contributed by atoms with van der Waals surface area (Å²) in [6, 6.07) is 0. The normalized spacial score (nSPS) is 32.1. The van der Waals surface area contributed by atoms with Crippen LogP contribution in [0.5, 0.6) is 0 Å². The molecule has 0 amide bonds. The van der Waals surface area contributed by atoms with Crippen molar-refractivity contribution in [1.29, 1.82) is 0 Å². The summed E-state index contributed by atoms with van der Waals surface area (Å²) >= 11 is 0. The Bertz CT molecular complexity index is 112. The quantitative estimate of drug-likeness (QED) is 0.561. The van der Waals surface area contributed by atoms with Gasteiger partial charge in [-0.2, -0.15) is 0 Å². The van der Waals surface area contributed by atoms with Gasteiger partial charge in [0.25, 0.3) is 6.47 Å². The van der Waals surface area contributed by atoms with Gasteiger partial charge < -0.3 is 4.74 Å². The van der Waals surface area contributed by atoms with E-state index >= 15 is 0 Å². The van der Waals surface area contributed by atoms with Crippen molar-refractivity contribution in [3.63, 3.8) is 0 Å². The average Bonchev–Trinajstić information content (AvgIpc) is 2.36. The molecule has 0 heterocycles. The van der Waals surface area contributed by atoms with Crippen molar-refractivity contribution in [3.8, 4) is 0 Å². The maximum absolute atomic E-state index is 10.0.